The number of likely N-dealkylation sites (tertiary alicyclic amines) is 1. The van der Waals surface area contributed by atoms with Gasteiger partial charge >= 0.3 is 0 Å². The predicted molar refractivity (Wildman–Crippen MR) is 111 cm³/mol. The summed E-state index contributed by atoms with van der Waals surface area (Å²) in [6, 6.07) is 20.1. The van der Waals surface area contributed by atoms with Gasteiger partial charge in [0.25, 0.3) is 0 Å². The Balaban J connectivity index is 0.000000791. The molecule has 0 aliphatic carbocycles. The molecule has 26 heavy (non-hydrogen) atoms. The summed E-state index contributed by atoms with van der Waals surface area (Å²) < 4.78 is 11.9. The fourth-order valence-electron chi connectivity index (χ4n) is 2.88. The van der Waals surface area contributed by atoms with Gasteiger partial charge in [0.2, 0.25) is 0 Å². The third-order valence-corrected chi connectivity index (χ3v) is 4.04. The largest absolute Gasteiger partial charge is 0.492 e. The van der Waals surface area contributed by atoms with Crippen LogP contribution in [0.4, 0.5) is 0 Å². The van der Waals surface area contributed by atoms with Crippen molar-refractivity contribution in [1.29, 1.82) is 0 Å². The Kier molecular flexibility index (Phi) is 10.5. The van der Waals surface area contributed by atoms with Crippen molar-refractivity contribution in [1.82, 2.24) is 4.90 Å². The molecule has 3 rings (SSSR count). The molecule has 0 radical (unpaired) electrons. The Bertz CT molecular complexity index is 573. The predicted octanol–water partition coefficient (Wildman–Crippen LogP) is 5.66. The SMILES string of the molecule is CC.CC.CC1(Oc2ccccc2)CCN(CCOc2ccccc2)C1. The first-order valence-corrected chi connectivity index (χ1v) is 9.88. The van der Waals surface area contributed by atoms with E-state index < -0.39 is 0 Å². The second-order valence-corrected chi connectivity index (χ2v) is 6.05. The van der Waals surface area contributed by atoms with Crippen LogP contribution < -0.4 is 9.47 Å². The maximum absolute atomic E-state index is 6.18. The number of para-hydroxylation sites is 2. The van der Waals surface area contributed by atoms with Gasteiger partial charge in [0, 0.05) is 26.1 Å². The van der Waals surface area contributed by atoms with Gasteiger partial charge in [0.1, 0.15) is 23.7 Å². The topological polar surface area (TPSA) is 21.7 Å². The molecule has 0 saturated carbocycles. The van der Waals surface area contributed by atoms with Gasteiger partial charge in [-0.1, -0.05) is 64.1 Å². The van der Waals surface area contributed by atoms with E-state index in [1.165, 1.54) is 0 Å². The maximum atomic E-state index is 6.18. The van der Waals surface area contributed by atoms with Crippen LogP contribution in [0.1, 0.15) is 41.0 Å². The van der Waals surface area contributed by atoms with Crippen LogP contribution >= 0.6 is 0 Å². The fourth-order valence-corrected chi connectivity index (χ4v) is 2.88. The number of hydrogen-bond acceptors (Lipinski definition) is 3. The number of hydrogen-bond donors (Lipinski definition) is 0. The third kappa shape index (κ3) is 7.49. The van der Waals surface area contributed by atoms with Crippen LogP contribution in [0.5, 0.6) is 11.5 Å². The Labute approximate surface area is 159 Å². The zero-order valence-electron chi connectivity index (χ0n) is 17.1. The number of rotatable bonds is 6. The highest BCUT2D eigenvalue weighted by atomic mass is 16.5. The molecule has 0 spiro atoms. The van der Waals surface area contributed by atoms with Gasteiger partial charge in [-0.25, -0.2) is 0 Å². The Morgan fingerprint density at radius 1 is 0.846 bits per heavy atom. The zero-order chi connectivity index (χ0) is 19.3. The van der Waals surface area contributed by atoms with Gasteiger partial charge < -0.3 is 9.47 Å². The van der Waals surface area contributed by atoms with E-state index in [-0.39, 0.29) is 5.60 Å². The van der Waals surface area contributed by atoms with Crippen molar-refractivity contribution in [2.45, 2.75) is 46.6 Å². The Hall–Kier alpha value is -2.00. The first kappa shape index (κ1) is 22.0. The molecule has 3 nitrogen and oxygen atoms in total. The highest BCUT2D eigenvalue weighted by Crippen LogP contribution is 2.27. The summed E-state index contributed by atoms with van der Waals surface area (Å²) in [5.41, 5.74) is -0.103. The van der Waals surface area contributed by atoms with Crippen molar-refractivity contribution in [2.75, 3.05) is 26.2 Å². The molecule has 1 aliphatic rings. The van der Waals surface area contributed by atoms with Crippen LogP contribution in [0, 0.1) is 0 Å². The quantitative estimate of drug-likeness (QED) is 0.666. The molecule has 0 N–H and O–H groups in total. The average molecular weight is 358 g/mol. The van der Waals surface area contributed by atoms with E-state index in [4.69, 9.17) is 9.47 Å². The van der Waals surface area contributed by atoms with Crippen LogP contribution in [0.15, 0.2) is 60.7 Å². The monoisotopic (exact) mass is 357 g/mol. The third-order valence-electron chi connectivity index (χ3n) is 4.04. The lowest BCUT2D eigenvalue weighted by Gasteiger charge is -2.26. The van der Waals surface area contributed by atoms with Crippen LogP contribution in [0.2, 0.25) is 0 Å². The lowest BCUT2D eigenvalue weighted by atomic mass is 10.1. The van der Waals surface area contributed by atoms with E-state index in [0.717, 1.165) is 37.6 Å². The van der Waals surface area contributed by atoms with Gasteiger partial charge in [-0.2, -0.15) is 0 Å². The fraction of sp³-hybridized carbons (Fsp3) is 0.478. The zero-order valence-corrected chi connectivity index (χ0v) is 17.1. The van der Waals surface area contributed by atoms with E-state index in [1.54, 1.807) is 0 Å². The van der Waals surface area contributed by atoms with Crippen molar-refractivity contribution in [3.8, 4) is 11.5 Å². The van der Waals surface area contributed by atoms with E-state index in [2.05, 4.69) is 11.8 Å². The molecular weight excluding hydrogens is 322 g/mol. The number of benzene rings is 2. The van der Waals surface area contributed by atoms with E-state index >= 15 is 0 Å². The molecule has 0 aromatic heterocycles. The van der Waals surface area contributed by atoms with Gasteiger partial charge in [0.15, 0.2) is 0 Å². The van der Waals surface area contributed by atoms with Crippen molar-refractivity contribution < 1.29 is 9.47 Å². The highest BCUT2D eigenvalue weighted by Gasteiger charge is 2.35. The normalized spacial score (nSPS) is 18.8. The first-order valence-electron chi connectivity index (χ1n) is 9.88. The van der Waals surface area contributed by atoms with Crippen molar-refractivity contribution in [2.24, 2.45) is 0 Å². The summed E-state index contributed by atoms with van der Waals surface area (Å²) >= 11 is 0. The van der Waals surface area contributed by atoms with Gasteiger partial charge in [0.05, 0.1) is 0 Å². The summed E-state index contributed by atoms with van der Waals surface area (Å²) in [7, 11) is 0. The molecule has 1 saturated heterocycles. The second kappa shape index (κ2) is 12.4. The van der Waals surface area contributed by atoms with Crippen molar-refractivity contribution in [3.63, 3.8) is 0 Å². The minimum atomic E-state index is -0.103. The maximum Gasteiger partial charge on any atom is 0.120 e. The standard InChI is InChI=1S/C19H23NO2.2C2H6/c1-19(22-18-10-6-3-7-11-18)12-13-20(16-19)14-15-21-17-8-4-2-5-9-17;2*1-2/h2-11H,12-16H2,1H3;2*1-2H3. The molecule has 144 valence electrons. The van der Waals surface area contributed by atoms with Gasteiger partial charge in [-0.05, 0) is 31.2 Å². The van der Waals surface area contributed by atoms with Crippen LogP contribution in [-0.2, 0) is 0 Å². The smallest absolute Gasteiger partial charge is 0.120 e. The molecule has 2 aromatic carbocycles. The van der Waals surface area contributed by atoms with Crippen LogP contribution in [0.3, 0.4) is 0 Å². The number of nitrogens with zero attached hydrogens (tertiary/aromatic N) is 1. The summed E-state index contributed by atoms with van der Waals surface area (Å²) in [5, 5.41) is 0. The van der Waals surface area contributed by atoms with Crippen LogP contribution in [-0.4, -0.2) is 36.7 Å². The molecular formula is C23H35NO2. The second-order valence-electron chi connectivity index (χ2n) is 6.05. The molecule has 1 atom stereocenters. The minimum absolute atomic E-state index is 0.103. The summed E-state index contributed by atoms with van der Waals surface area (Å²) in [6.07, 6.45) is 1.05. The lowest BCUT2D eigenvalue weighted by molar-refractivity contribution is 0.0935. The molecule has 1 aliphatic heterocycles. The molecule has 1 fully saturated rings. The summed E-state index contributed by atoms with van der Waals surface area (Å²) in [4.78, 5) is 2.41. The van der Waals surface area contributed by atoms with E-state index in [1.807, 2.05) is 88.4 Å². The minimum Gasteiger partial charge on any atom is -0.492 e. The molecule has 2 aromatic rings. The Morgan fingerprint density at radius 2 is 1.38 bits per heavy atom. The molecule has 3 heteroatoms. The van der Waals surface area contributed by atoms with Gasteiger partial charge in [-0.15, -0.1) is 0 Å². The van der Waals surface area contributed by atoms with E-state index in [0.29, 0.717) is 6.61 Å². The summed E-state index contributed by atoms with van der Waals surface area (Å²) in [5.74, 6) is 1.89. The van der Waals surface area contributed by atoms with Crippen LogP contribution in [0.25, 0.3) is 0 Å². The van der Waals surface area contributed by atoms with Gasteiger partial charge in [-0.3, -0.25) is 4.90 Å². The molecule has 0 bridgehead atoms. The molecule has 1 heterocycles. The lowest BCUT2D eigenvalue weighted by Crippen LogP contribution is -2.37. The highest BCUT2D eigenvalue weighted by molar-refractivity contribution is 5.22. The molecule has 0 amide bonds. The Morgan fingerprint density at radius 3 is 1.96 bits per heavy atom. The van der Waals surface area contributed by atoms with Crippen molar-refractivity contribution >= 4 is 0 Å². The first-order chi connectivity index (χ1) is 12.7. The van der Waals surface area contributed by atoms with E-state index in [9.17, 15) is 0 Å². The summed E-state index contributed by atoms with van der Waals surface area (Å²) in [6.45, 7) is 13.8. The average Bonchev–Trinajstić information content (AvgIpc) is 3.07. The number of ether oxygens (including phenoxy) is 2. The molecule has 1 unspecified atom stereocenters. The van der Waals surface area contributed by atoms with Crippen molar-refractivity contribution in [3.05, 3.63) is 60.7 Å².